The molecule has 2 saturated heterocycles. The highest BCUT2D eigenvalue weighted by Gasteiger charge is 2.50. The Labute approximate surface area is 173 Å². The van der Waals surface area contributed by atoms with Crippen molar-refractivity contribution in [3.8, 4) is 11.5 Å². The van der Waals surface area contributed by atoms with Crippen molar-refractivity contribution in [1.29, 1.82) is 0 Å². The van der Waals surface area contributed by atoms with E-state index >= 15 is 0 Å². The largest absolute Gasteiger partial charge is 0.480 e. The summed E-state index contributed by atoms with van der Waals surface area (Å²) < 4.78 is 44.6. The highest BCUT2D eigenvalue weighted by molar-refractivity contribution is 5.67. The van der Waals surface area contributed by atoms with Crippen molar-refractivity contribution >= 4 is 5.97 Å². The van der Waals surface area contributed by atoms with Crippen LogP contribution in [-0.2, 0) is 19.9 Å². The summed E-state index contributed by atoms with van der Waals surface area (Å²) in [5.74, 6) is -0.971. The van der Waals surface area contributed by atoms with Gasteiger partial charge in [0.2, 0.25) is 0 Å². The molecule has 3 aliphatic rings. The van der Waals surface area contributed by atoms with Crippen molar-refractivity contribution in [3.05, 3.63) is 59.7 Å². The van der Waals surface area contributed by atoms with E-state index in [9.17, 15) is 13.6 Å². The number of ether oxygens (including phenoxy) is 3. The minimum atomic E-state index is -0.972. The van der Waals surface area contributed by atoms with Crippen molar-refractivity contribution < 1.29 is 32.9 Å². The molecule has 1 saturated carbocycles. The fraction of sp³-hybridized carbons (Fsp3) is 0.435. The summed E-state index contributed by atoms with van der Waals surface area (Å²) >= 11 is 0. The van der Waals surface area contributed by atoms with E-state index in [0.29, 0.717) is 24.7 Å². The van der Waals surface area contributed by atoms with Crippen LogP contribution in [0.1, 0.15) is 37.7 Å². The third-order valence-electron chi connectivity index (χ3n) is 6.22. The summed E-state index contributed by atoms with van der Waals surface area (Å²) in [5.41, 5.74) is 0.184. The van der Waals surface area contributed by atoms with Gasteiger partial charge in [-0.2, -0.15) is 0 Å². The number of hydrogen-bond donors (Lipinski definition) is 1. The maximum Gasteiger partial charge on any atom is 0.329 e. The second-order valence-electron chi connectivity index (χ2n) is 8.21. The molecule has 2 heterocycles. The van der Waals surface area contributed by atoms with E-state index in [1.165, 1.54) is 36.4 Å². The lowest BCUT2D eigenvalue weighted by Crippen LogP contribution is -2.49. The van der Waals surface area contributed by atoms with Gasteiger partial charge in [-0.25, -0.2) is 13.6 Å². The number of rotatable bonds is 8. The van der Waals surface area contributed by atoms with Crippen molar-refractivity contribution in [2.75, 3.05) is 19.8 Å². The van der Waals surface area contributed by atoms with E-state index in [4.69, 9.17) is 19.3 Å². The molecule has 0 amide bonds. The Bertz CT molecular complexity index is 888. The van der Waals surface area contributed by atoms with Gasteiger partial charge in [-0.3, -0.25) is 0 Å². The second kappa shape index (κ2) is 8.32. The Hall–Kier alpha value is -2.51. The number of carboxylic acid groups (broad SMARTS) is 1. The van der Waals surface area contributed by atoms with Gasteiger partial charge in [0.05, 0.1) is 12.2 Å². The summed E-state index contributed by atoms with van der Waals surface area (Å²) in [4.78, 5) is 10.6. The molecule has 2 bridgehead atoms. The summed E-state index contributed by atoms with van der Waals surface area (Å²) in [5, 5.41) is 8.68. The molecule has 2 aliphatic heterocycles. The Morgan fingerprint density at radius 1 is 1.00 bits per heavy atom. The zero-order chi connectivity index (χ0) is 21.2. The Morgan fingerprint density at radius 3 is 2.37 bits per heavy atom. The quantitative estimate of drug-likeness (QED) is 0.609. The summed E-state index contributed by atoms with van der Waals surface area (Å²) in [6, 6.07) is 10.2. The molecular weight excluding hydrogens is 394 g/mol. The van der Waals surface area contributed by atoms with Crippen molar-refractivity contribution in [2.45, 2.75) is 37.7 Å². The van der Waals surface area contributed by atoms with E-state index < -0.39 is 17.4 Å². The highest BCUT2D eigenvalue weighted by atomic mass is 19.1. The van der Waals surface area contributed by atoms with Crippen LogP contribution < -0.4 is 4.74 Å². The number of carboxylic acids is 1. The predicted molar refractivity (Wildman–Crippen MR) is 104 cm³/mol. The van der Waals surface area contributed by atoms with Crippen LogP contribution in [0.4, 0.5) is 8.78 Å². The third-order valence-corrected chi connectivity index (χ3v) is 6.22. The fourth-order valence-corrected chi connectivity index (χ4v) is 4.43. The first-order chi connectivity index (χ1) is 14.4. The van der Waals surface area contributed by atoms with Gasteiger partial charge < -0.3 is 19.3 Å². The number of fused-ring (bicyclic) bond motifs is 3. The second-order valence-corrected chi connectivity index (χ2v) is 8.21. The Kier molecular flexibility index (Phi) is 5.75. The molecule has 0 unspecified atom stereocenters. The lowest BCUT2D eigenvalue weighted by molar-refractivity contribution is -0.194. The van der Waals surface area contributed by atoms with Crippen LogP contribution in [0.5, 0.6) is 11.5 Å². The number of halogens is 2. The summed E-state index contributed by atoms with van der Waals surface area (Å²) in [7, 11) is 0. The Morgan fingerprint density at radius 2 is 1.73 bits per heavy atom. The SMILES string of the molecule is O=C(O)COCCC12CCC(c3cc(F)cc(Oc4ccc(F)cc4)c3)(CC1)OC2. The molecule has 5 nitrogen and oxygen atoms in total. The van der Waals surface area contributed by atoms with Gasteiger partial charge in [0.15, 0.2) is 0 Å². The third kappa shape index (κ3) is 4.47. The minimum absolute atomic E-state index is 0.0129. The first-order valence-corrected chi connectivity index (χ1v) is 10.1. The molecule has 0 radical (unpaired) electrons. The topological polar surface area (TPSA) is 65.0 Å². The maximum absolute atomic E-state index is 14.4. The molecule has 2 aromatic carbocycles. The molecule has 0 spiro atoms. The van der Waals surface area contributed by atoms with Gasteiger partial charge in [0.1, 0.15) is 29.7 Å². The minimum Gasteiger partial charge on any atom is -0.480 e. The molecule has 0 atom stereocenters. The van der Waals surface area contributed by atoms with Crippen LogP contribution in [0.25, 0.3) is 0 Å². The smallest absolute Gasteiger partial charge is 0.329 e. The zero-order valence-electron chi connectivity index (χ0n) is 16.5. The van der Waals surface area contributed by atoms with Crippen molar-refractivity contribution in [1.82, 2.24) is 0 Å². The van der Waals surface area contributed by atoms with E-state index in [0.717, 1.165) is 37.7 Å². The van der Waals surface area contributed by atoms with Gasteiger partial charge in [0, 0.05) is 12.7 Å². The van der Waals surface area contributed by atoms with Crippen LogP contribution in [0.3, 0.4) is 0 Å². The van der Waals surface area contributed by atoms with Gasteiger partial charge >= 0.3 is 5.97 Å². The number of aliphatic carboxylic acids is 1. The van der Waals surface area contributed by atoms with Crippen LogP contribution in [0.15, 0.2) is 42.5 Å². The molecule has 30 heavy (non-hydrogen) atoms. The number of hydrogen-bond acceptors (Lipinski definition) is 4. The molecule has 0 aromatic heterocycles. The van der Waals surface area contributed by atoms with Crippen molar-refractivity contribution in [3.63, 3.8) is 0 Å². The van der Waals surface area contributed by atoms with E-state index in [1.54, 1.807) is 6.07 Å². The van der Waals surface area contributed by atoms with E-state index in [-0.39, 0.29) is 17.8 Å². The molecule has 5 rings (SSSR count). The maximum atomic E-state index is 14.4. The number of benzene rings is 2. The van der Waals surface area contributed by atoms with E-state index in [1.807, 2.05) is 0 Å². The highest BCUT2D eigenvalue weighted by Crippen LogP contribution is 2.55. The van der Waals surface area contributed by atoms with Gasteiger partial charge in [-0.05, 0) is 79.5 Å². The molecule has 3 fully saturated rings. The predicted octanol–water partition coefficient (Wildman–Crippen LogP) is 5.03. The molecule has 1 N–H and O–H groups in total. The van der Waals surface area contributed by atoms with Crippen LogP contribution in [0.2, 0.25) is 0 Å². The molecular formula is C23H24F2O5. The normalized spacial score (nSPS) is 25.3. The molecule has 160 valence electrons. The molecule has 1 aliphatic carbocycles. The monoisotopic (exact) mass is 418 g/mol. The van der Waals surface area contributed by atoms with Crippen LogP contribution in [-0.4, -0.2) is 30.9 Å². The lowest BCUT2D eigenvalue weighted by Gasteiger charge is -2.53. The van der Waals surface area contributed by atoms with Gasteiger partial charge in [0.25, 0.3) is 0 Å². The van der Waals surface area contributed by atoms with Gasteiger partial charge in [-0.15, -0.1) is 0 Å². The van der Waals surface area contributed by atoms with Crippen LogP contribution >= 0.6 is 0 Å². The van der Waals surface area contributed by atoms with Crippen LogP contribution in [0, 0.1) is 17.0 Å². The Balaban J connectivity index is 1.44. The first-order valence-electron chi connectivity index (χ1n) is 10.1. The van der Waals surface area contributed by atoms with Gasteiger partial charge in [-0.1, -0.05) is 0 Å². The van der Waals surface area contributed by atoms with Crippen molar-refractivity contribution in [2.24, 2.45) is 5.41 Å². The lowest BCUT2D eigenvalue weighted by atomic mass is 9.63. The fourth-order valence-electron chi connectivity index (χ4n) is 4.43. The standard InChI is InChI=1S/C23H24F2O5/c24-17-1-3-19(4-2-17)30-20-12-16(11-18(25)13-20)23-7-5-22(6-8-23,15-29-23)9-10-28-14-21(26)27/h1-4,11-13H,5-10,14-15H2,(H,26,27). The summed E-state index contributed by atoms with van der Waals surface area (Å²) in [6.45, 7) is 0.632. The molecule has 2 aromatic rings. The first kappa shape index (κ1) is 20.8. The molecule has 7 heteroatoms. The average molecular weight is 418 g/mol. The number of carbonyl (C=O) groups is 1. The summed E-state index contributed by atoms with van der Waals surface area (Å²) in [6.07, 6.45) is 4.08. The zero-order valence-corrected chi connectivity index (χ0v) is 16.5. The average Bonchev–Trinajstić information content (AvgIpc) is 2.74. The van der Waals surface area contributed by atoms with E-state index in [2.05, 4.69) is 0 Å².